The molecule has 1 fully saturated rings. The van der Waals surface area contributed by atoms with Crippen LogP contribution in [0.3, 0.4) is 0 Å². The number of sulfone groups is 1. The molecule has 2 heterocycles. The lowest BCUT2D eigenvalue weighted by Crippen LogP contribution is -2.37. The minimum Gasteiger partial charge on any atom is -0.376 e. The number of aromatic nitrogens is 1. The first-order valence-corrected chi connectivity index (χ1v) is 12.5. The van der Waals surface area contributed by atoms with Crippen molar-refractivity contribution < 1.29 is 17.9 Å². The van der Waals surface area contributed by atoms with E-state index in [1.807, 2.05) is 32.0 Å². The van der Waals surface area contributed by atoms with E-state index in [0.717, 1.165) is 28.7 Å². The van der Waals surface area contributed by atoms with Crippen molar-refractivity contribution in [2.45, 2.75) is 37.7 Å². The molecule has 0 aliphatic carbocycles. The van der Waals surface area contributed by atoms with E-state index in [0.29, 0.717) is 29.4 Å². The summed E-state index contributed by atoms with van der Waals surface area (Å²) in [5, 5.41) is 0.550. The fourth-order valence-electron chi connectivity index (χ4n) is 3.51. The zero-order chi connectivity index (χ0) is 21.5. The van der Waals surface area contributed by atoms with Crippen molar-refractivity contribution in [2.24, 2.45) is 0 Å². The standard InChI is InChI=1S/C22H24N2O4S2/c1-14-6-7-16(11-15(14)2)21(25)24(13-17-5-4-10-28-17)22-23-19-9-8-18(30(3,26)27)12-20(19)29-22/h6-9,11-12,17H,4-5,10,13H2,1-3H3. The Hall–Kier alpha value is -2.29. The van der Waals surface area contributed by atoms with Crippen LogP contribution in [0, 0.1) is 13.8 Å². The number of aryl methyl sites for hydroxylation is 2. The first-order valence-electron chi connectivity index (χ1n) is 9.84. The largest absolute Gasteiger partial charge is 0.376 e. The number of amides is 1. The van der Waals surface area contributed by atoms with Gasteiger partial charge in [0.25, 0.3) is 5.91 Å². The Bertz CT molecular complexity index is 1210. The van der Waals surface area contributed by atoms with Crippen LogP contribution in [0.5, 0.6) is 0 Å². The van der Waals surface area contributed by atoms with E-state index in [1.54, 1.807) is 23.1 Å². The topological polar surface area (TPSA) is 76.6 Å². The lowest BCUT2D eigenvalue weighted by molar-refractivity contribution is 0.0917. The molecule has 30 heavy (non-hydrogen) atoms. The number of benzene rings is 2. The minimum absolute atomic E-state index is 0.0286. The second-order valence-electron chi connectivity index (χ2n) is 7.75. The average molecular weight is 445 g/mol. The number of thiazole rings is 1. The number of fused-ring (bicyclic) bond motifs is 1. The van der Waals surface area contributed by atoms with E-state index in [4.69, 9.17) is 4.74 Å². The smallest absolute Gasteiger partial charge is 0.260 e. The van der Waals surface area contributed by atoms with E-state index < -0.39 is 9.84 Å². The fourth-order valence-corrected chi connectivity index (χ4v) is 5.24. The van der Waals surface area contributed by atoms with E-state index in [1.165, 1.54) is 17.6 Å². The molecule has 1 unspecified atom stereocenters. The summed E-state index contributed by atoms with van der Waals surface area (Å²) in [6, 6.07) is 10.5. The Morgan fingerprint density at radius 3 is 2.67 bits per heavy atom. The molecule has 0 N–H and O–H groups in total. The number of carbonyl (C=O) groups is 1. The van der Waals surface area contributed by atoms with Crippen molar-refractivity contribution in [1.82, 2.24) is 4.98 Å². The van der Waals surface area contributed by atoms with Crippen LogP contribution in [0.2, 0.25) is 0 Å². The Kier molecular flexibility index (Phi) is 5.65. The summed E-state index contributed by atoms with van der Waals surface area (Å²) in [4.78, 5) is 20.0. The quantitative estimate of drug-likeness (QED) is 0.591. The van der Waals surface area contributed by atoms with Crippen LogP contribution in [0.4, 0.5) is 5.13 Å². The number of rotatable bonds is 5. The molecule has 0 spiro atoms. The molecule has 8 heteroatoms. The molecule has 1 amide bonds. The van der Waals surface area contributed by atoms with Gasteiger partial charge in [-0.1, -0.05) is 17.4 Å². The number of carbonyl (C=O) groups excluding carboxylic acids is 1. The van der Waals surface area contributed by atoms with Crippen LogP contribution in [0.1, 0.15) is 34.3 Å². The molecule has 1 atom stereocenters. The zero-order valence-corrected chi connectivity index (χ0v) is 18.8. The van der Waals surface area contributed by atoms with Crippen molar-refractivity contribution in [2.75, 3.05) is 24.3 Å². The first-order chi connectivity index (χ1) is 14.2. The molecule has 4 rings (SSSR count). The molecule has 1 aliphatic rings. The molecular weight excluding hydrogens is 420 g/mol. The molecule has 0 bridgehead atoms. The average Bonchev–Trinajstić information content (AvgIpc) is 3.35. The SMILES string of the molecule is Cc1ccc(C(=O)N(CC2CCCO2)c2nc3ccc(S(C)(=O)=O)cc3s2)cc1C. The fraction of sp³-hybridized carbons (Fsp3) is 0.364. The number of hydrogen-bond donors (Lipinski definition) is 0. The van der Waals surface area contributed by atoms with Gasteiger partial charge >= 0.3 is 0 Å². The second kappa shape index (κ2) is 8.09. The monoisotopic (exact) mass is 444 g/mol. The second-order valence-corrected chi connectivity index (χ2v) is 10.8. The Labute approximate surface area is 180 Å². The van der Waals surface area contributed by atoms with E-state index in [2.05, 4.69) is 4.98 Å². The predicted octanol–water partition coefficient (Wildman–Crippen LogP) is 4.14. The summed E-state index contributed by atoms with van der Waals surface area (Å²) in [7, 11) is -3.31. The summed E-state index contributed by atoms with van der Waals surface area (Å²) in [6.45, 7) is 5.12. The van der Waals surface area contributed by atoms with Gasteiger partial charge in [0.1, 0.15) is 0 Å². The minimum atomic E-state index is -3.31. The first kappa shape index (κ1) is 21.0. The number of hydrogen-bond acceptors (Lipinski definition) is 6. The molecule has 0 radical (unpaired) electrons. The van der Waals surface area contributed by atoms with E-state index >= 15 is 0 Å². The van der Waals surface area contributed by atoms with Crippen molar-refractivity contribution in [3.8, 4) is 0 Å². The summed E-state index contributed by atoms with van der Waals surface area (Å²) in [6.07, 6.45) is 3.04. The molecule has 158 valence electrons. The Morgan fingerprint density at radius 2 is 2.00 bits per heavy atom. The van der Waals surface area contributed by atoms with Crippen molar-refractivity contribution in [1.29, 1.82) is 0 Å². The molecule has 1 aromatic heterocycles. The molecule has 2 aromatic carbocycles. The highest BCUT2D eigenvalue weighted by atomic mass is 32.2. The molecule has 0 saturated carbocycles. The highest BCUT2D eigenvalue weighted by Gasteiger charge is 2.27. The highest BCUT2D eigenvalue weighted by molar-refractivity contribution is 7.90. The molecule has 6 nitrogen and oxygen atoms in total. The third-order valence-corrected chi connectivity index (χ3v) is 7.57. The predicted molar refractivity (Wildman–Crippen MR) is 119 cm³/mol. The van der Waals surface area contributed by atoms with Gasteiger partial charge in [0.15, 0.2) is 15.0 Å². The van der Waals surface area contributed by atoms with Gasteiger partial charge in [0, 0.05) is 18.4 Å². The van der Waals surface area contributed by atoms with Crippen molar-refractivity contribution >= 4 is 42.4 Å². The Balaban J connectivity index is 1.74. The van der Waals surface area contributed by atoms with Gasteiger partial charge in [0.2, 0.25) is 0 Å². The molecular formula is C22H24N2O4S2. The third kappa shape index (κ3) is 4.26. The molecule has 3 aromatic rings. The van der Waals surface area contributed by atoms with Crippen LogP contribution in [-0.4, -0.2) is 44.8 Å². The van der Waals surface area contributed by atoms with E-state index in [9.17, 15) is 13.2 Å². The highest BCUT2D eigenvalue weighted by Crippen LogP contribution is 2.32. The Morgan fingerprint density at radius 1 is 1.20 bits per heavy atom. The maximum Gasteiger partial charge on any atom is 0.260 e. The van der Waals surface area contributed by atoms with Crippen LogP contribution < -0.4 is 4.90 Å². The van der Waals surface area contributed by atoms with Gasteiger partial charge in [-0.25, -0.2) is 13.4 Å². The van der Waals surface area contributed by atoms with Crippen molar-refractivity contribution in [3.63, 3.8) is 0 Å². The van der Waals surface area contributed by atoms with Gasteiger partial charge in [-0.15, -0.1) is 0 Å². The zero-order valence-electron chi connectivity index (χ0n) is 17.2. The van der Waals surface area contributed by atoms with Crippen LogP contribution in [0.15, 0.2) is 41.3 Å². The normalized spacial score (nSPS) is 16.8. The number of anilines is 1. The van der Waals surface area contributed by atoms with E-state index in [-0.39, 0.29) is 16.9 Å². The third-order valence-electron chi connectivity index (χ3n) is 5.42. The van der Waals surface area contributed by atoms with Gasteiger partial charge in [-0.05, 0) is 68.1 Å². The maximum atomic E-state index is 13.4. The van der Waals surface area contributed by atoms with Gasteiger partial charge in [-0.3, -0.25) is 9.69 Å². The lowest BCUT2D eigenvalue weighted by Gasteiger charge is -2.23. The molecule has 1 saturated heterocycles. The van der Waals surface area contributed by atoms with Crippen LogP contribution in [-0.2, 0) is 14.6 Å². The summed E-state index contributed by atoms with van der Waals surface area (Å²) in [5.74, 6) is -0.129. The maximum absolute atomic E-state index is 13.4. The van der Waals surface area contributed by atoms with Crippen molar-refractivity contribution in [3.05, 3.63) is 53.1 Å². The van der Waals surface area contributed by atoms with Crippen LogP contribution in [0.25, 0.3) is 10.2 Å². The van der Waals surface area contributed by atoms with Crippen LogP contribution >= 0.6 is 11.3 Å². The van der Waals surface area contributed by atoms with Gasteiger partial charge in [0.05, 0.1) is 27.8 Å². The summed E-state index contributed by atoms with van der Waals surface area (Å²) >= 11 is 1.32. The van der Waals surface area contributed by atoms with Gasteiger partial charge < -0.3 is 4.74 Å². The lowest BCUT2D eigenvalue weighted by atomic mass is 10.1. The molecule has 1 aliphatic heterocycles. The summed E-state index contributed by atoms with van der Waals surface area (Å²) in [5.41, 5.74) is 3.46. The summed E-state index contributed by atoms with van der Waals surface area (Å²) < 4.78 is 30.3. The van der Waals surface area contributed by atoms with Gasteiger partial charge in [-0.2, -0.15) is 0 Å². The number of ether oxygens (including phenoxy) is 1. The number of nitrogens with zero attached hydrogens (tertiary/aromatic N) is 2.